The first-order chi connectivity index (χ1) is 13.6. The predicted molar refractivity (Wildman–Crippen MR) is 118 cm³/mol. The molecule has 2 rings (SSSR count). The highest BCUT2D eigenvalue weighted by atomic mass is 127. The summed E-state index contributed by atoms with van der Waals surface area (Å²) in [6.45, 7) is 2.72. The van der Waals surface area contributed by atoms with E-state index in [0.717, 1.165) is 0 Å². The molecule has 0 aromatic carbocycles. The highest BCUT2D eigenvalue weighted by molar-refractivity contribution is 14.0. The van der Waals surface area contributed by atoms with Crippen LogP contribution in [0.2, 0.25) is 0 Å². The minimum absolute atomic E-state index is 0. The number of piperidine rings is 1. The van der Waals surface area contributed by atoms with Crippen molar-refractivity contribution in [1.82, 2.24) is 19.9 Å². The molecule has 1 atom stereocenters. The number of aliphatic imine (C=N–C) groups is 1. The average molecular weight is 565 g/mol. The van der Waals surface area contributed by atoms with Crippen molar-refractivity contribution in [3.8, 4) is 0 Å². The number of guanidine groups is 1. The third kappa shape index (κ3) is 7.50. The van der Waals surface area contributed by atoms with E-state index in [2.05, 4.69) is 20.6 Å². The Morgan fingerprint density at radius 1 is 1.30 bits per heavy atom. The topological polar surface area (TPSA) is 107 Å². The van der Waals surface area contributed by atoms with E-state index >= 15 is 0 Å². The zero-order valence-corrected chi connectivity index (χ0v) is 19.6. The minimum atomic E-state index is -5.27. The lowest BCUT2D eigenvalue weighted by atomic mass is 9.98. The summed E-state index contributed by atoms with van der Waals surface area (Å²) in [5, 5.41) is 16.3. The molecule has 0 spiro atoms. The molecular weight excluding hydrogens is 538 g/mol. The molecule has 1 aliphatic rings. The van der Waals surface area contributed by atoms with E-state index in [9.17, 15) is 26.7 Å². The van der Waals surface area contributed by atoms with Gasteiger partial charge in [0.05, 0.1) is 12.6 Å². The number of halogens is 4. The normalized spacial score (nSPS) is 17.8. The number of sulfonamides is 1. The lowest BCUT2D eigenvalue weighted by molar-refractivity contribution is -0.0496. The van der Waals surface area contributed by atoms with Crippen LogP contribution in [-0.2, 0) is 10.0 Å². The maximum Gasteiger partial charge on any atom is 0.511 e. The van der Waals surface area contributed by atoms with Gasteiger partial charge in [0.15, 0.2) is 5.96 Å². The zero-order chi connectivity index (χ0) is 21.5. The standard InChI is InChI=1S/C17H26F3N5O3S.HI/c1-2-22-16(24-12-15(26)14-3-7-21-8-4-14)23-11-13-5-9-25(10-6-13)29(27,28)17(18,19)20;/h3-4,7-8,13,15,26H,2,5-6,9-12H2,1H3,(H2,22,23,24);1H. The van der Waals surface area contributed by atoms with Crippen molar-refractivity contribution in [3.05, 3.63) is 30.1 Å². The minimum Gasteiger partial charge on any atom is -0.386 e. The Morgan fingerprint density at radius 3 is 2.43 bits per heavy atom. The monoisotopic (exact) mass is 565 g/mol. The number of aliphatic hydroxyl groups excluding tert-OH is 1. The van der Waals surface area contributed by atoms with E-state index in [-0.39, 0.29) is 49.5 Å². The summed E-state index contributed by atoms with van der Waals surface area (Å²) in [5.74, 6) is 0.495. The van der Waals surface area contributed by atoms with Crippen LogP contribution in [0.5, 0.6) is 0 Å². The lowest BCUT2D eigenvalue weighted by Gasteiger charge is -2.31. The number of pyridine rings is 1. The Labute approximate surface area is 191 Å². The second kappa shape index (κ2) is 12.0. The maximum atomic E-state index is 12.6. The maximum absolute atomic E-state index is 12.6. The Kier molecular flexibility index (Phi) is 10.7. The molecule has 172 valence electrons. The summed E-state index contributed by atoms with van der Waals surface area (Å²) in [6.07, 6.45) is 3.01. The Balaban J connectivity index is 0.00000450. The molecule has 3 N–H and O–H groups in total. The number of hydrogen-bond donors (Lipinski definition) is 3. The Morgan fingerprint density at radius 2 is 1.90 bits per heavy atom. The number of rotatable bonds is 7. The molecule has 13 heteroatoms. The first-order valence-corrected chi connectivity index (χ1v) is 10.8. The van der Waals surface area contributed by atoms with Crippen LogP contribution >= 0.6 is 24.0 Å². The largest absolute Gasteiger partial charge is 0.511 e. The molecule has 1 saturated heterocycles. The van der Waals surface area contributed by atoms with Crippen molar-refractivity contribution in [2.75, 3.05) is 32.7 Å². The summed E-state index contributed by atoms with van der Waals surface area (Å²) in [4.78, 5) is 8.22. The van der Waals surface area contributed by atoms with Crippen LogP contribution in [0.15, 0.2) is 29.5 Å². The molecule has 1 unspecified atom stereocenters. The van der Waals surface area contributed by atoms with Crippen molar-refractivity contribution in [1.29, 1.82) is 0 Å². The van der Waals surface area contributed by atoms with Crippen molar-refractivity contribution in [3.63, 3.8) is 0 Å². The van der Waals surface area contributed by atoms with Gasteiger partial charge in [0.1, 0.15) is 0 Å². The highest BCUT2D eigenvalue weighted by Crippen LogP contribution is 2.30. The van der Waals surface area contributed by atoms with Crippen molar-refractivity contribution >= 4 is 40.0 Å². The van der Waals surface area contributed by atoms with Gasteiger partial charge >= 0.3 is 15.5 Å². The van der Waals surface area contributed by atoms with Crippen LogP contribution < -0.4 is 10.6 Å². The molecule has 0 amide bonds. The van der Waals surface area contributed by atoms with E-state index in [1.165, 1.54) is 0 Å². The van der Waals surface area contributed by atoms with Crippen molar-refractivity contribution in [2.24, 2.45) is 10.9 Å². The van der Waals surface area contributed by atoms with Crippen LogP contribution in [0.3, 0.4) is 0 Å². The predicted octanol–water partition coefficient (Wildman–Crippen LogP) is 1.85. The first-order valence-electron chi connectivity index (χ1n) is 9.31. The molecule has 2 heterocycles. The van der Waals surface area contributed by atoms with Gasteiger partial charge in [0, 0.05) is 38.6 Å². The lowest BCUT2D eigenvalue weighted by Crippen LogP contribution is -2.47. The summed E-state index contributed by atoms with van der Waals surface area (Å²) < 4.78 is 61.3. The van der Waals surface area contributed by atoms with Crippen LogP contribution in [-0.4, -0.2) is 67.0 Å². The molecule has 30 heavy (non-hydrogen) atoms. The van der Waals surface area contributed by atoms with Gasteiger partial charge in [-0.3, -0.25) is 9.98 Å². The smallest absolute Gasteiger partial charge is 0.386 e. The number of alkyl halides is 3. The highest BCUT2D eigenvalue weighted by Gasteiger charge is 2.50. The zero-order valence-electron chi connectivity index (χ0n) is 16.5. The van der Waals surface area contributed by atoms with Crippen molar-refractivity contribution in [2.45, 2.75) is 31.4 Å². The van der Waals surface area contributed by atoms with Crippen LogP contribution in [0, 0.1) is 5.92 Å². The molecule has 1 aromatic rings. The fourth-order valence-electron chi connectivity index (χ4n) is 2.95. The summed E-state index contributed by atoms with van der Waals surface area (Å²) in [6, 6.07) is 3.40. The van der Waals surface area contributed by atoms with Gasteiger partial charge in [-0.05, 0) is 43.4 Å². The first kappa shape index (κ1) is 26.8. The molecule has 8 nitrogen and oxygen atoms in total. The number of aliphatic hydroxyl groups is 1. The Hall–Kier alpha value is -1.19. The van der Waals surface area contributed by atoms with Crippen LogP contribution in [0.1, 0.15) is 31.4 Å². The fourth-order valence-corrected chi connectivity index (χ4v) is 3.94. The quantitative estimate of drug-likeness (QED) is 0.265. The van der Waals surface area contributed by atoms with Gasteiger partial charge in [-0.15, -0.1) is 24.0 Å². The van der Waals surface area contributed by atoms with Gasteiger partial charge in [-0.2, -0.15) is 17.5 Å². The van der Waals surface area contributed by atoms with E-state index < -0.39 is 21.6 Å². The second-order valence-corrected chi connectivity index (χ2v) is 8.62. The molecule has 1 aromatic heterocycles. The third-order valence-corrected chi connectivity index (χ3v) is 6.25. The van der Waals surface area contributed by atoms with Gasteiger partial charge < -0.3 is 15.7 Å². The number of nitrogens with one attached hydrogen (secondary N) is 2. The van der Waals surface area contributed by atoms with Gasteiger partial charge in [0.25, 0.3) is 0 Å². The molecule has 0 bridgehead atoms. The van der Waals surface area contributed by atoms with E-state index in [0.29, 0.717) is 41.8 Å². The summed E-state index contributed by atoms with van der Waals surface area (Å²) in [5.41, 5.74) is -4.57. The third-order valence-electron chi connectivity index (χ3n) is 4.62. The van der Waals surface area contributed by atoms with Crippen LogP contribution in [0.4, 0.5) is 13.2 Å². The number of hydrogen-bond acceptors (Lipinski definition) is 5. The molecule has 1 fully saturated rings. The average Bonchev–Trinajstić information content (AvgIpc) is 2.70. The van der Waals surface area contributed by atoms with Crippen LogP contribution in [0.25, 0.3) is 0 Å². The van der Waals surface area contributed by atoms with Crippen molar-refractivity contribution < 1.29 is 26.7 Å². The molecule has 0 aliphatic carbocycles. The fraction of sp³-hybridized carbons (Fsp3) is 0.647. The summed E-state index contributed by atoms with van der Waals surface area (Å²) >= 11 is 0. The second-order valence-electron chi connectivity index (χ2n) is 6.69. The molecule has 0 saturated carbocycles. The van der Waals surface area contributed by atoms with Gasteiger partial charge in [0.2, 0.25) is 0 Å². The van der Waals surface area contributed by atoms with E-state index in [1.54, 1.807) is 24.5 Å². The Bertz CT molecular complexity index is 773. The van der Waals surface area contributed by atoms with Gasteiger partial charge in [-0.25, -0.2) is 8.42 Å². The summed E-state index contributed by atoms with van der Waals surface area (Å²) in [7, 11) is -5.26. The number of nitrogens with zero attached hydrogens (tertiary/aromatic N) is 3. The molecule has 1 aliphatic heterocycles. The molecule has 0 radical (unpaired) electrons. The molecular formula is C17H27F3IN5O3S. The van der Waals surface area contributed by atoms with E-state index in [4.69, 9.17) is 0 Å². The van der Waals surface area contributed by atoms with Gasteiger partial charge in [-0.1, -0.05) is 0 Å². The van der Waals surface area contributed by atoms with E-state index in [1.807, 2.05) is 6.92 Å². The SMILES string of the molecule is CCNC(=NCC(O)c1ccncc1)NCC1CCN(S(=O)(=O)C(F)(F)F)CC1.I. The number of aromatic nitrogens is 1.